The smallest absolute Gasteiger partial charge is 0.234 e. The zero-order chi connectivity index (χ0) is 18.6. The van der Waals surface area contributed by atoms with E-state index >= 15 is 0 Å². The molecule has 5 nitrogen and oxygen atoms in total. The van der Waals surface area contributed by atoms with Crippen LogP contribution in [0.15, 0.2) is 42.5 Å². The number of benzene rings is 2. The van der Waals surface area contributed by atoms with Crippen molar-refractivity contribution in [3.63, 3.8) is 0 Å². The predicted octanol–water partition coefficient (Wildman–Crippen LogP) is 3.05. The van der Waals surface area contributed by atoms with Crippen LogP contribution in [-0.2, 0) is 11.3 Å². The molecule has 1 amide bonds. The number of hydrogen-bond acceptors (Lipinski definition) is 4. The van der Waals surface area contributed by atoms with Gasteiger partial charge in [-0.15, -0.1) is 0 Å². The number of amides is 1. The maximum absolute atomic E-state index is 13.0. The Morgan fingerprint density at radius 3 is 2.70 bits per heavy atom. The van der Waals surface area contributed by atoms with Crippen molar-refractivity contribution >= 4 is 5.91 Å². The van der Waals surface area contributed by atoms with E-state index in [0.29, 0.717) is 26.3 Å². The summed E-state index contributed by atoms with van der Waals surface area (Å²) in [6.07, 6.45) is 2.08. The summed E-state index contributed by atoms with van der Waals surface area (Å²) in [5.41, 5.74) is 2.04. The van der Waals surface area contributed by atoms with Gasteiger partial charge in [-0.3, -0.25) is 9.69 Å². The number of ether oxygens (including phenoxy) is 2. The molecule has 0 aliphatic carbocycles. The highest BCUT2D eigenvalue weighted by Gasteiger charge is 2.28. The van der Waals surface area contributed by atoms with Crippen LogP contribution in [0.2, 0.25) is 0 Å². The van der Waals surface area contributed by atoms with Gasteiger partial charge < -0.3 is 14.8 Å². The van der Waals surface area contributed by atoms with E-state index < -0.39 is 0 Å². The lowest BCUT2D eigenvalue weighted by molar-refractivity contribution is -0.122. The SMILES string of the molecule is O=C(CN1CCC[C@H]1c1ccc2c(c1)OCCO2)NCc1ccc(F)cc1. The van der Waals surface area contributed by atoms with Gasteiger partial charge in [-0.25, -0.2) is 4.39 Å². The molecular weight excluding hydrogens is 347 g/mol. The lowest BCUT2D eigenvalue weighted by Crippen LogP contribution is -2.36. The number of fused-ring (bicyclic) bond motifs is 1. The van der Waals surface area contributed by atoms with Gasteiger partial charge in [0.1, 0.15) is 19.0 Å². The fraction of sp³-hybridized carbons (Fsp3) is 0.381. The molecule has 1 fully saturated rings. The van der Waals surface area contributed by atoms with Crippen LogP contribution >= 0.6 is 0 Å². The highest BCUT2D eigenvalue weighted by Crippen LogP contribution is 2.37. The van der Waals surface area contributed by atoms with Gasteiger partial charge in [0.2, 0.25) is 5.91 Å². The van der Waals surface area contributed by atoms with Crippen LogP contribution < -0.4 is 14.8 Å². The van der Waals surface area contributed by atoms with E-state index in [4.69, 9.17) is 9.47 Å². The number of nitrogens with zero attached hydrogens (tertiary/aromatic N) is 1. The average molecular weight is 370 g/mol. The summed E-state index contributed by atoms with van der Waals surface area (Å²) < 4.78 is 24.2. The highest BCUT2D eigenvalue weighted by atomic mass is 19.1. The van der Waals surface area contributed by atoms with E-state index in [1.165, 1.54) is 12.1 Å². The Morgan fingerprint density at radius 1 is 1.11 bits per heavy atom. The molecule has 1 atom stereocenters. The Kier molecular flexibility index (Phi) is 5.25. The van der Waals surface area contributed by atoms with Crippen LogP contribution in [0.4, 0.5) is 4.39 Å². The van der Waals surface area contributed by atoms with Crippen LogP contribution in [0.3, 0.4) is 0 Å². The summed E-state index contributed by atoms with van der Waals surface area (Å²) in [4.78, 5) is 14.6. The highest BCUT2D eigenvalue weighted by molar-refractivity contribution is 5.78. The van der Waals surface area contributed by atoms with Crippen molar-refractivity contribution in [1.82, 2.24) is 10.2 Å². The number of carbonyl (C=O) groups excluding carboxylic acids is 1. The zero-order valence-corrected chi connectivity index (χ0v) is 15.1. The Bertz CT molecular complexity index is 810. The Balaban J connectivity index is 1.36. The maximum atomic E-state index is 13.0. The molecule has 0 aromatic heterocycles. The van der Waals surface area contributed by atoms with Gasteiger partial charge in [0.25, 0.3) is 0 Å². The molecule has 0 unspecified atom stereocenters. The molecule has 0 bridgehead atoms. The zero-order valence-electron chi connectivity index (χ0n) is 15.1. The number of carbonyl (C=O) groups is 1. The molecule has 1 N–H and O–H groups in total. The molecular formula is C21H23FN2O3. The average Bonchev–Trinajstić information content (AvgIpc) is 3.15. The minimum atomic E-state index is -0.274. The van der Waals surface area contributed by atoms with E-state index in [9.17, 15) is 9.18 Å². The molecule has 0 saturated carbocycles. The van der Waals surface area contributed by atoms with Crippen molar-refractivity contribution < 1.29 is 18.7 Å². The van der Waals surface area contributed by atoms with E-state index in [2.05, 4.69) is 16.3 Å². The monoisotopic (exact) mass is 370 g/mol. The van der Waals surface area contributed by atoms with Crippen molar-refractivity contribution in [2.75, 3.05) is 26.3 Å². The van der Waals surface area contributed by atoms with Crippen LogP contribution in [0.25, 0.3) is 0 Å². The van der Waals surface area contributed by atoms with Gasteiger partial charge in [0, 0.05) is 12.6 Å². The number of halogens is 1. The number of rotatable bonds is 5. The second-order valence-corrected chi connectivity index (χ2v) is 6.93. The van der Waals surface area contributed by atoms with Gasteiger partial charge >= 0.3 is 0 Å². The normalized spacial score (nSPS) is 19.1. The third-order valence-electron chi connectivity index (χ3n) is 5.06. The maximum Gasteiger partial charge on any atom is 0.234 e. The van der Waals surface area contributed by atoms with Crippen LogP contribution in [-0.4, -0.2) is 37.1 Å². The molecule has 4 rings (SSSR count). The molecule has 2 aliphatic rings. The number of hydrogen-bond donors (Lipinski definition) is 1. The Morgan fingerprint density at radius 2 is 1.89 bits per heavy atom. The molecule has 6 heteroatoms. The van der Waals surface area contributed by atoms with Crippen molar-refractivity contribution in [2.24, 2.45) is 0 Å². The molecule has 2 heterocycles. The lowest BCUT2D eigenvalue weighted by atomic mass is 10.0. The third-order valence-corrected chi connectivity index (χ3v) is 5.06. The molecule has 0 spiro atoms. The lowest BCUT2D eigenvalue weighted by Gasteiger charge is -2.26. The summed E-state index contributed by atoms with van der Waals surface area (Å²) >= 11 is 0. The first-order valence-electron chi connectivity index (χ1n) is 9.34. The summed E-state index contributed by atoms with van der Waals surface area (Å²) in [5.74, 6) is 1.27. The molecule has 142 valence electrons. The fourth-order valence-corrected chi connectivity index (χ4v) is 3.70. The van der Waals surface area contributed by atoms with E-state index in [0.717, 1.165) is 42.0 Å². The summed E-state index contributed by atoms with van der Waals surface area (Å²) in [6, 6.07) is 12.4. The molecule has 27 heavy (non-hydrogen) atoms. The van der Waals surface area contributed by atoms with Crippen molar-refractivity contribution in [3.8, 4) is 11.5 Å². The second-order valence-electron chi connectivity index (χ2n) is 6.93. The second kappa shape index (κ2) is 7.96. The fourth-order valence-electron chi connectivity index (χ4n) is 3.70. The minimum absolute atomic E-state index is 0.0243. The van der Waals surface area contributed by atoms with Crippen LogP contribution in [0, 0.1) is 5.82 Å². The summed E-state index contributed by atoms with van der Waals surface area (Å²) in [7, 11) is 0. The van der Waals surface area contributed by atoms with E-state index in [1.807, 2.05) is 12.1 Å². The molecule has 2 aliphatic heterocycles. The topological polar surface area (TPSA) is 50.8 Å². The first-order valence-corrected chi connectivity index (χ1v) is 9.34. The van der Waals surface area contributed by atoms with Gasteiger partial charge in [-0.2, -0.15) is 0 Å². The Hall–Kier alpha value is -2.60. The minimum Gasteiger partial charge on any atom is -0.486 e. The van der Waals surface area contributed by atoms with Gasteiger partial charge in [-0.1, -0.05) is 18.2 Å². The molecule has 2 aromatic rings. The van der Waals surface area contributed by atoms with Crippen molar-refractivity contribution in [2.45, 2.75) is 25.4 Å². The number of likely N-dealkylation sites (tertiary alicyclic amines) is 1. The molecule has 1 saturated heterocycles. The van der Waals surface area contributed by atoms with Crippen LogP contribution in [0.5, 0.6) is 11.5 Å². The van der Waals surface area contributed by atoms with E-state index in [1.54, 1.807) is 12.1 Å². The quantitative estimate of drug-likeness (QED) is 0.879. The first-order chi connectivity index (χ1) is 13.2. The number of nitrogens with one attached hydrogen (secondary N) is 1. The standard InChI is InChI=1S/C21H23FN2O3/c22-17-6-3-15(4-7-17)13-23-21(25)14-24-9-1-2-18(24)16-5-8-19-20(12-16)27-11-10-26-19/h3-8,12,18H,1-2,9-11,13-14H2,(H,23,25)/t18-/m0/s1. The van der Waals surface area contributed by atoms with Gasteiger partial charge in [0.05, 0.1) is 6.54 Å². The first kappa shape index (κ1) is 17.8. The van der Waals surface area contributed by atoms with E-state index in [-0.39, 0.29) is 17.8 Å². The van der Waals surface area contributed by atoms with Crippen molar-refractivity contribution in [3.05, 3.63) is 59.4 Å². The van der Waals surface area contributed by atoms with Crippen molar-refractivity contribution in [1.29, 1.82) is 0 Å². The van der Waals surface area contributed by atoms with Gasteiger partial charge in [0.15, 0.2) is 11.5 Å². The Labute approximate surface area is 158 Å². The molecule has 2 aromatic carbocycles. The molecule has 0 radical (unpaired) electrons. The van der Waals surface area contributed by atoms with Gasteiger partial charge in [-0.05, 0) is 54.8 Å². The third kappa shape index (κ3) is 4.22. The predicted molar refractivity (Wildman–Crippen MR) is 99.2 cm³/mol. The summed E-state index contributed by atoms with van der Waals surface area (Å²) in [5, 5.41) is 2.92. The summed E-state index contributed by atoms with van der Waals surface area (Å²) in [6.45, 7) is 2.79. The largest absolute Gasteiger partial charge is 0.486 e. The van der Waals surface area contributed by atoms with Crippen LogP contribution in [0.1, 0.15) is 30.0 Å².